The maximum Gasteiger partial charge on any atom is 0.418 e. The van der Waals surface area contributed by atoms with Crippen molar-refractivity contribution in [2.75, 3.05) is 13.2 Å². The zero-order chi connectivity index (χ0) is 25.7. The summed E-state index contributed by atoms with van der Waals surface area (Å²) in [7, 11) is 0. The molecule has 37 heavy (non-hydrogen) atoms. The first kappa shape index (κ1) is 23.7. The lowest BCUT2D eigenvalue weighted by molar-refractivity contribution is -0.206. The molecule has 190 valence electrons. The molecule has 0 bridgehead atoms. The van der Waals surface area contributed by atoms with Gasteiger partial charge >= 0.3 is 6.18 Å². The van der Waals surface area contributed by atoms with Crippen molar-refractivity contribution in [2.45, 2.75) is 31.0 Å². The highest BCUT2D eigenvalue weighted by Crippen LogP contribution is 2.45. The molecule has 6 rings (SSSR count). The van der Waals surface area contributed by atoms with Gasteiger partial charge in [0.2, 0.25) is 0 Å². The van der Waals surface area contributed by atoms with Crippen LogP contribution in [0.25, 0.3) is 38.6 Å². The van der Waals surface area contributed by atoms with Gasteiger partial charge in [-0.3, -0.25) is 5.10 Å². The summed E-state index contributed by atoms with van der Waals surface area (Å²) in [5, 5.41) is 18.7. The quantitative estimate of drug-likeness (QED) is 0.262. The lowest BCUT2D eigenvalue weighted by Gasteiger charge is -2.26. The first-order valence-corrected chi connectivity index (χ1v) is 12.0. The van der Waals surface area contributed by atoms with Gasteiger partial charge in [0.05, 0.1) is 17.2 Å². The van der Waals surface area contributed by atoms with Gasteiger partial charge in [0.1, 0.15) is 5.82 Å². The molecule has 5 nitrogen and oxygen atoms in total. The van der Waals surface area contributed by atoms with Crippen molar-refractivity contribution in [3.8, 4) is 16.8 Å². The zero-order valence-electron chi connectivity index (χ0n) is 19.6. The highest BCUT2D eigenvalue weighted by Gasteiger charge is 2.39. The number of ether oxygens (including phenoxy) is 1. The fourth-order valence-electron chi connectivity index (χ4n) is 5.29. The van der Waals surface area contributed by atoms with Crippen LogP contribution < -0.4 is 0 Å². The van der Waals surface area contributed by atoms with E-state index in [0.717, 1.165) is 57.2 Å². The van der Waals surface area contributed by atoms with Crippen LogP contribution in [0.3, 0.4) is 0 Å². The van der Waals surface area contributed by atoms with Gasteiger partial charge in [0, 0.05) is 46.8 Å². The van der Waals surface area contributed by atoms with E-state index in [2.05, 4.69) is 14.8 Å². The molecular formula is C28H23F4N3O2. The van der Waals surface area contributed by atoms with Gasteiger partial charge in [-0.2, -0.15) is 18.3 Å². The fourth-order valence-corrected chi connectivity index (χ4v) is 5.29. The average Bonchev–Trinajstić information content (AvgIpc) is 3.49. The average molecular weight is 510 g/mol. The van der Waals surface area contributed by atoms with Gasteiger partial charge in [-0.15, -0.1) is 0 Å². The second-order valence-corrected chi connectivity index (χ2v) is 9.35. The lowest BCUT2D eigenvalue weighted by atomic mass is 9.89. The molecule has 9 heteroatoms. The van der Waals surface area contributed by atoms with Crippen LogP contribution in [0.15, 0.2) is 66.9 Å². The summed E-state index contributed by atoms with van der Waals surface area (Å²) < 4.78 is 60.9. The van der Waals surface area contributed by atoms with Crippen molar-refractivity contribution in [3.63, 3.8) is 0 Å². The standard InChI is InChI=1S/C28H23F4N3O2/c29-20-5-7-21(8-6-20)35-24-13-19-15-33-34-23(19)14-22(24)25(26(35)17-9-11-37-12-10-17)16-1-3-18(4-2-16)27(36)28(30,31)32/h1-8,13-15,17,27,36H,9-12H2,(H,33,34). The molecule has 1 aliphatic rings. The van der Waals surface area contributed by atoms with E-state index in [9.17, 15) is 22.7 Å². The van der Waals surface area contributed by atoms with Crippen molar-refractivity contribution in [1.29, 1.82) is 0 Å². The number of rotatable bonds is 4. The number of hydrogen-bond acceptors (Lipinski definition) is 3. The Hall–Kier alpha value is -3.69. The van der Waals surface area contributed by atoms with Crippen LogP contribution in [0, 0.1) is 5.82 Å². The molecule has 1 atom stereocenters. The predicted octanol–water partition coefficient (Wildman–Crippen LogP) is 6.80. The number of alkyl halides is 3. The van der Waals surface area contributed by atoms with Gasteiger partial charge < -0.3 is 14.4 Å². The Balaban J connectivity index is 1.64. The third-order valence-corrected chi connectivity index (χ3v) is 7.08. The number of hydrogen-bond donors (Lipinski definition) is 2. The molecule has 3 heterocycles. The first-order chi connectivity index (χ1) is 17.8. The number of halogens is 4. The molecule has 0 saturated carbocycles. The molecule has 0 spiro atoms. The summed E-state index contributed by atoms with van der Waals surface area (Å²) in [5.74, 6) is -0.234. The van der Waals surface area contributed by atoms with E-state index in [1.54, 1.807) is 30.5 Å². The number of aromatic nitrogens is 3. The van der Waals surface area contributed by atoms with Crippen molar-refractivity contribution in [2.24, 2.45) is 0 Å². The minimum absolute atomic E-state index is 0.109. The van der Waals surface area contributed by atoms with Gasteiger partial charge in [-0.25, -0.2) is 4.39 Å². The molecule has 5 aromatic rings. The summed E-state index contributed by atoms with van der Waals surface area (Å²) in [6.07, 6.45) is -4.03. The molecule has 3 aromatic carbocycles. The Bertz CT molecular complexity index is 1560. The van der Waals surface area contributed by atoms with E-state index >= 15 is 0 Å². The SMILES string of the molecule is OC(c1ccc(-c2c(C3CCOCC3)n(-c3ccc(F)cc3)c3cc4cn[nH]c4cc23)cc1)C(F)(F)F. The molecule has 0 aliphatic carbocycles. The number of fused-ring (bicyclic) bond motifs is 2. The molecular weight excluding hydrogens is 486 g/mol. The molecule has 1 aliphatic heterocycles. The van der Waals surface area contributed by atoms with Crippen molar-refractivity contribution in [3.05, 3.63) is 83.9 Å². The number of aliphatic hydroxyl groups excluding tert-OH is 1. The summed E-state index contributed by atoms with van der Waals surface area (Å²) in [6, 6.07) is 16.2. The molecule has 1 saturated heterocycles. The van der Waals surface area contributed by atoms with Crippen LogP contribution >= 0.6 is 0 Å². The van der Waals surface area contributed by atoms with Gasteiger partial charge in [-0.1, -0.05) is 24.3 Å². The fraction of sp³-hybridized carbons (Fsp3) is 0.250. The molecule has 1 unspecified atom stereocenters. The number of benzene rings is 3. The Morgan fingerprint density at radius 1 is 1.00 bits per heavy atom. The second-order valence-electron chi connectivity index (χ2n) is 9.35. The molecule has 2 aromatic heterocycles. The lowest BCUT2D eigenvalue weighted by Crippen LogP contribution is -2.20. The molecule has 2 N–H and O–H groups in total. The van der Waals surface area contributed by atoms with E-state index in [4.69, 9.17) is 4.74 Å². The second kappa shape index (κ2) is 9.00. The number of H-pyrrole nitrogens is 1. The number of aromatic amines is 1. The van der Waals surface area contributed by atoms with E-state index in [1.807, 2.05) is 12.1 Å². The minimum atomic E-state index is -4.75. The first-order valence-electron chi connectivity index (χ1n) is 12.0. The van der Waals surface area contributed by atoms with E-state index in [-0.39, 0.29) is 17.3 Å². The largest absolute Gasteiger partial charge is 0.418 e. The normalized spacial score (nSPS) is 16.0. The van der Waals surface area contributed by atoms with Crippen LogP contribution in [0.5, 0.6) is 0 Å². The Morgan fingerprint density at radius 3 is 2.38 bits per heavy atom. The summed E-state index contributed by atoms with van der Waals surface area (Å²) in [6.45, 7) is 1.19. The zero-order valence-corrected chi connectivity index (χ0v) is 19.6. The van der Waals surface area contributed by atoms with E-state index in [0.29, 0.717) is 13.2 Å². The third-order valence-electron chi connectivity index (χ3n) is 7.08. The van der Waals surface area contributed by atoms with Gasteiger partial charge in [0.25, 0.3) is 0 Å². The monoisotopic (exact) mass is 509 g/mol. The highest BCUT2D eigenvalue weighted by atomic mass is 19.4. The van der Waals surface area contributed by atoms with Crippen molar-refractivity contribution in [1.82, 2.24) is 14.8 Å². The van der Waals surface area contributed by atoms with Crippen LogP contribution in [0.1, 0.15) is 36.1 Å². The van der Waals surface area contributed by atoms with Gasteiger partial charge in [0.15, 0.2) is 6.10 Å². The minimum Gasteiger partial charge on any atom is -0.381 e. The Labute approximate surface area is 209 Å². The van der Waals surface area contributed by atoms with Crippen LogP contribution in [0.4, 0.5) is 17.6 Å². The van der Waals surface area contributed by atoms with Crippen molar-refractivity contribution >= 4 is 21.8 Å². The summed E-state index contributed by atoms with van der Waals surface area (Å²) in [5.41, 5.74) is 4.88. The third kappa shape index (κ3) is 4.18. The Morgan fingerprint density at radius 2 is 1.70 bits per heavy atom. The highest BCUT2D eigenvalue weighted by molar-refractivity contribution is 6.05. The van der Waals surface area contributed by atoms with Crippen molar-refractivity contribution < 1.29 is 27.4 Å². The maximum absolute atomic E-state index is 13.9. The molecule has 0 amide bonds. The Kier molecular flexibility index (Phi) is 5.77. The maximum atomic E-state index is 13.9. The smallest absolute Gasteiger partial charge is 0.381 e. The van der Waals surface area contributed by atoms with E-state index < -0.39 is 12.3 Å². The van der Waals surface area contributed by atoms with Crippen LogP contribution in [0.2, 0.25) is 0 Å². The van der Waals surface area contributed by atoms with E-state index in [1.165, 1.54) is 24.3 Å². The predicted molar refractivity (Wildman–Crippen MR) is 132 cm³/mol. The van der Waals surface area contributed by atoms with Crippen LogP contribution in [-0.4, -0.2) is 39.3 Å². The molecule has 1 fully saturated rings. The topological polar surface area (TPSA) is 63.1 Å². The van der Waals surface area contributed by atoms with Gasteiger partial charge in [-0.05, 0) is 60.4 Å². The molecule has 0 radical (unpaired) electrons. The number of aliphatic hydroxyl groups is 1. The number of nitrogens with zero attached hydrogens (tertiary/aromatic N) is 2. The summed E-state index contributed by atoms with van der Waals surface area (Å²) in [4.78, 5) is 0. The van der Waals surface area contributed by atoms with Crippen LogP contribution in [-0.2, 0) is 4.74 Å². The summed E-state index contributed by atoms with van der Waals surface area (Å²) >= 11 is 0. The number of nitrogens with one attached hydrogen (secondary N) is 1.